The molecule has 2 rings (SSSR count). The van der Waals surface area contributed by atoms with E-state index in [1.54, 1.807) is 31.4 Å². The summed E-state index contributed by atoms with van der Waals surface area (Å²) in [5, 5.41) is 2.80. The molecule has 6 heteroatoms. The van der Waals surface area contributed by atoms with Gasteiger partial charge in [-0.3, -0.25) is 4.79 Å². The van der Waals surface area contributed by atoms with Crippen LogP contribution in [0.3, 0.4) is 0 Å². The van der Waals surface area contributed by atoms with Crippen molar-refractivity contribution in [3.63, 3.8) is 0 Å². The highest BCUT2D eigenvalue weighted by atomic mass is 32.2. The fourth-order valence-electron chi connectivity index (χ4n) is 1.96. The van der Waals surface area contributed by atoms with Gasteiger partial charge in [-0.2, -0.15) is 0 Å². The smallest absolute Gasteiger partial charge is 0.234 e. The van der Waals surface area contributed by atoms with Gasteiger partial charge in [0.15, 0.2) is 11.6 Å². The largest absolute Gasteiger partial charge is 0.497 e. The summed E-state index contributed by atoms with van der Waals surface area (Å²) in [5.74, 6) is 1.22. The Morgan fingerprint density at radius 1 is 1.17 bits per heavy atom. The molecule has 2 aromatic rings. The van der Waals surface area contributed by atoms with E-state index in [0.717, 1.165) is 5.56 Å². The van der Waals surface area contributed by atoms with Gasteiger partial charge >= 0.3 is 0 Å². The summed E-state index contributed by atoms with van der Waals surface area (Å²) in [5.41, 5.74) is 1.49. The first-order valence-corrected chi connectivity index (χ1v) is 8.12. The molecule has 1 amide bonds. The van der Waals surface area contributed by atoms with Gasteiger partial charge in [-0.15, -0.1) is 11.8 Å². The van der Waals surface area contributed by atoms with Gasteiger partial charge in [-0.1, -0.05) is 12.1 Å². The number of anilines is 1. The van der Waals surface area contributed by atoms with Crippen LogP contribution < -0.4 is 14.8 Å². The van der Waals surface area contributed by atoms with E-state index in [2.05, 4.69) is 5.32 Å². The highest BCUT2D eigenvalue weighted by molar-refractivity contribution is 7.99. The van der Waals surface area contributed by atoms with Crippen molar-refractivity contribution < 1.29 is 18.7 Å². The lowest BCUT2D eigenvalue weighted by molar-refractivity contribution is -0.113. The number of thioether (sulfide) groups is 1. The van der Waals surface area contributed by atoms with Crippen LogP contribution in [0.15, 0.2) is 42.5 Å². The van der Waals surface area contributed by atoms with Crippen LogP contribution in [0.5, 0.6) is 11.5 Å². The minimum absolute atomic E-state index is 0.114. The average molecular weight is 335 g/mol. The van der Waals surface area contributed by atoms with Crippen LogP contribution in [0.25, 0.3) is 0 Å². The Kier molecular flexibility index (Phi) is 6.29. The van der Waals surface area contributed by atoms with Crippen LogP contribution in [0.1, 0.15) is 5.56 Å². The summed E-state index contributed by atoms with van der Waals surface area (Å²) >= 11 is 1.42. The zero-order chi connectivity index (χ0) is 16.7. The van der Waals surface area contributed by atoms with Gasteiger partial charge in [0.05, 0.1) is 20.0 Å². The number of benzene rings is 2. The maximum Gasteiger partial charge on any atom is 0.234 e. The molecular weight excluding hydrogens is 317 g/mol. The second-order valence-corrected chi connectivity index (χ2v) is 5.73. The molecule has 0 aliphatic carbocycles. The molecule has 0 radical (unpaired) electrons. The van der Waals surface area contributed by atoms with Gasteiger partial charge in [-0.05, 0) is 29.8 Å². The number of halogens is 1. The second-order valence-electron chi connectivity index (χ2n) is 4.74. The monoisotopic (exact) mass is 335 g/mol. The highest BCUT2D eigenvalue weighted by Crippen LogP contribution is 2.21. The third kappa shape index (κ3) is 5.17. The van der Waals surface area contributed by atoms with Crippen molar-refractivity contribution in [1.29, 1.82) is 0 Å². The maximum absolute atomic E-state index is 13.6. The lowest BCUT2D eigenvalue weighted by atomic mass is 10.2. The van der Waals surface area contributed by atoms with Gasteiger partial charge in [0.1, 0.15) is 5.75 Å². The van der Waals surface area contributed by atoms with Crippen molar-refractivity contribution in [2.75, 3.05) is 25.3 Å². The Morgan fingerprint density at radius 2 is 2.00 bits per heavy atom. The zero-order valence-corrected chi connectivity index (χ0v) is 13.8. The lowest BCUT2D eigenvalue weighted by Crippen LogP contribution is -2.14. The molecule has 0 spiro atoms. The Hall–Kier alpha value is -2.21. The molecule has 0 aliphatic heterocycles. The standard InChI is InChI=1S/C17H18FNO3S/c1-21-14-5-3-4-13(9-14)19-17(20)11-23-10-12-6-7-16(22-2)15(18)8-12/h3-9H,10-11H2,1-2H3,(H,19,20). The van der Waals surface area contributed by atoms with Crippen LogP contribution in [-0.2, 0) is 10.5 Å². The van der Waals surface area contributed by atoms with Crippen LogP contribution >= 0.6 is 11.8 Å². The van der Waals surface area contributed by atoms with Crippen molar-refractivity contribution in [3.05, 3.63) is 53.8 Å². The molecule has 0 bridgehead atoms. The van der Waals surface area contributed by atoms with E-state index in [4.69, 9.17) is 9.47 Å². The van der Waals surface area contributed by atoms with Gasteiger partial charge in [0, 0.05) is 17.5 Å². The van der Waals surface area contributed by atoms with Crippen molar-refractivity contribution >= 4 is 23.4 Å². The summed E-state index contributed by atoms with van der Waals surface area (Å²) < 4.78 is 23.5. The van der Waals surface area contributed by atoms with Gasteiger partial charge in [0.2, 0.25) is 5.91 Å². The molecule has 0 saturated carbocycles. The van der Waals surface area contributed by atoms with E-state index in [-0.39, 0.29) is 17.4 Å². The fourth-order valence-corrected chi connectivity index (χ4v) is 2.73. The number of amides is 1. The van der Waals surface area contributed by atoms with Crippen LogP contribution in [-0.4, -0.2) is 25.9 Å². The minimum atomic E-state index is -0.397. The fraction of sp³-hybridized carbons (Fsp3) is 0.235. The molecule has 0 unspecified atom stereocenters. The predicted molar refractivity (Wildman–Crippen MR) is 90.7 cm³/mol. The van der Waals surface area contributed by atoms with E-state index in [1.807, 2.05) is 12.1 Å². The molecule has 4 nitrogen and oxygen atoms in total. The van der Waals surface area contributed by atoms with Crippen LogP contribution in [0.2, 0.25) is 0 Å². The molecule has 0 aromatic heterocycles. The molecule has 0 atom stereocenters. The summed E-state index contributed by atoms with van der Waals surface area (Å²) in [6, 6.07) is 12.0. The third-order valence-electron chi connectivity index (χ3n) is 3.07. The first-order chi connectivity index (χ1) is 11.1. The van der Waals surface area contributed by atoms with Crippen LogP contribution in [0.4, 0.5) is 10.1 Å². The van der Waals surface area contributed by atoms with Crippen molar-refractivity contribution in [1.82, 2.24) is 0 Å². The second kappa shape index (κ2) is 8.43. The predicted octanol–water partition coefficient (Wildman–Crippen LogP) is 3.71. The van der Waals surface area contributed by atoms with Crippen molar-refractivity contribution in [2.24, 2.45) is 0 Å². The Morgan fingerprint density at radius 3 is 2.70 bits per heavy atom. The zero-order valence-electron chi connectivity index (χ0n) is 13.0. The number of ether oxygens (including phenoxy) is 2. The average Bonchev–Trinajstić information content (AvgIpc) is 2.55. The molecular formula is C17H18FNO3S. The minimum Gasteiger partial charge on any atom is -0.497 e. The number of carbonyl (C=O) groups is 1. The number of hydrogen-bond acceptors (Lipinski definition) is 4. The van der Waals surface area contributed by atoms with E-state index >= 15 is 0 Å². The van der Waals surface area contributed by atoms with E-state index in [0.29, 0.717) is 17.2 Å². The Labute approximate surface area is 139 Å². The van der Waals surface area contributed by atoms with Crippen molar-refractivity contribution in [3.8, 4) is 11.5 Å². The Bertz CT molecular complexity index is 679. The number of carbonyl (C=O) groups excluding carboxylic acids is 1. The van der Waals surface area contributed by atoms with Gasteiger partial charge < -0.3 is 14.8 Å². The Balaban J connectivity index is 1.81. The summed E-state index contributed by atoms with van der Waals surface area (Å²) in [4.78, 5) is 11.9. The van der Waals surface area contributed by atoms with Gasteiger partial charge in [-0.25, -0.2) is 4.39 Å². The molecule has 1 N–H and O–H groups in total. The van der Waals surface area contributed by atoms with Crippen LogP contribution in [0, 0.1) is 5.82 Å². The quantitative estimate of drug-likeness (QED) is 0.838. The number of methoxy groups -OCH3 is 2. The van der Waals surface area contributed by atoms with E-state index < -0.39 is 5.82 Å². The topological polar surface area (TPSA) is 47.6 Å². The normalized spacial score (nSPS) is 10.2. The van der Waals surface area contributed by atoms with E-state index in [9.17, 15) is 9.18 Å². The molecule has 2 aromatic carbocycles. The highest BCUT2D eigenvalue weighted by Gasteiger charge is 2.06. The maximum atomic E-state index is 13.6. The third-order valence-corrected chi connectivity index (χ3v) is 4.08. The first kappa shape index (κ1) is 17.1. The summed E-state index contributed by atoms with van der Waals surface area (Å²) in [6.07, 6.45) is 0. The molecule has 0 fully saturated rings. The molecule has 0 saturated heterocycles. The lowest BCUT2D eigenvalue weighted by Gasteiger charge is -2.07. The van der Waals surface area contributed by atoms with Gasteiger partial charge in [0.25, 0.3) is 0 Å². The molecule has 0 heterocycles. The summed E-state index contributed by atoms with van der Waals surface area (Å²) in [7, 11) is 3.00. The first-order valence-electron chi connectivity index (χ1n) is 6.96. The molecule has 0 aliphatic rings. The van der Waals surface area contributed by atoms with E-state index in [1.165, 1.54) is 24.9 Å². The number of rotatable bonds is 7. The molecule has 23 heavy (non-hydrogen) atoms. The SMILES string of the molecule is COc1cccc(NC(=O)CSCc2ccc(OC)c(F)c2)c1. The number of hydrogen-bond donors (Lipinski definition) is 1. The summed E-state index contributed by atoms with van der Waals surface area (Å²) in [6.45, 7) is 0. The molecule has 122 valence electrons. The van der Waals surface area contributed by atoms with Crippen molar-refractivity contribution in [2.45, 2.75) is 5.75 Å². The number of nitrogens with one attached hydrogen (secondary N) is 1.